The second kappa shape index (κ2) is 7.03. The normalized spacial score (nSPS) is 11.2. The number of hydrogen-bond acceptors (Lipinski definition) is 5. The Balaban J connectivity index is 1.66. The zero-order chi connectivity index (χ0) is 19.8. The summed E-state index contributed by atoms with van der Waals surface area (Å²) in [6.45, 7) is 0.506. The summed E-state index contributed by atoms with van der Waals surface area (Å²) >= 11 is 6.05. The van der Waals surface area contributed by atoms with Gasteiger partial charge >= 0.3 is 0 Å². The van der Waals surface area contributed by atoms with Crippen molar-refractivity contribution < 1.29 is 0 Å². The van der Waals surface area contributed by atoms with E-state index in [1.54, 1.807) is 17.0 Å². The lowest BCUT2D eigenvalue weighted by molar-refractivity contribution is 1.00. The average molecular weight is 403 g/mol. The SMILES string of the molecule is O=c1c2c[nH]nc2c2cnc(NCc3cccc(Cl)c3)nc2n1-c1ccccc1. The Bertz CT molecular complexity index is 1390. The van der Waals surface area contributed by atoms with Gasteiger partial charge in [-0.05, 0) is 29.8 Å². The number of nitrogens with one attached hydrogen (secondary N) is 2. The van der Waals surface area contributed by atoms with Crippen molar-refractivity contribution in [2.75, 3.05) is 5.32 Å². The van der Waals surface area contributed by atoms with E-state index < -0.39 is 0 Å². The number of H-pyrrole nitrogens is 1. The van der Waals surface area contributed by atoms with Gasteiger partial charge in [-0.2, -0.15) is 10.1 Å². The maximum Gasteiger partial charge on any atom is 0.267 e. The van der Waals surface area contributed by atoms with Crippen LogP contribution in [-0.4, -0.2) is 24.7 Å². The summed E-state index contributed by atoms with van der Waals surface area (Å²) < 4.78 is 1.58. The number of aromatic nitrogens is 5. The number of halogens is 1. The van der Waals surface area contributed by atoms with Gasteiger partial charge < -0.3 is 5.32 Å². The molecule has 7 nitrogen and oxygen atoms in total. The zero-order valence-electron chi connectivity index (χ0n) is 15.1. The van der Waals surface area contributed by atoms with Crippen LogP contribution in [0.25, 0.3) is 27.6 Å². The van der Waals surface area contributed by atoms with E-state index in [1.165, 1.54) is 0 Å². The number of pyridine rings is 1. The molecule has 5 rings (SSSR count). The second-order valence-electron chi connectivity index (χ2n) is 6.54. The van der Waals surface area contributed by atoms with Crippen molar-refractivity contribution in [3.8, 4) is 5.69 Å². The number of benzene rings is 2. The molecule has 3 heterocycles. The highest BCUT2D eigenvalue weighted by molar-refractivity contribution is 6.30. The molecule has 0 amide bonds. The molecule has 0 aliphatic heterocycles. The highest BCUT2D eigenvalue weighted by Crippen LogP contribution is 2.22. The number of anilines is 1. The van der Waals surface area contributed by atoms with Crippen molar-refractivity contribution in [2.45, 2.75) is 6.54 Å². The van der Waals surface area contributed by atoms with Crippen molar-refractivity contribution >= 4 is 39.5 Å². The van der Waals surface area contributed by atoms with Gasteiger partial charge in [0.2, 0.25) is 5.95 Å². The van der Waals surface area contributed by atoms with Crippen molar-refractivity contribution in [1.82, 2.24) is 24.7 Å². The third-order valence-electron chi connectivity index (χ3n) is 4.66. The maximum absolute atomic E-state index is 13.1. The molecule has 0 aliphatic rings. The van der Waals surface area contributed by atoms with Gasteiger partial charge in [0.05, 0.1) is 16.5 Å². The summed E-state index contributed by atoms with van der Waals surface area (Å²) in [5, 5.41) is 12.0. The predicted molar refractivity (Wildman–Crippen MR) is 114 cm³/mol. The number of hydrogen-bond donors (Lipinski definition) is 2. The van der Waals surface area contributed by atoms with Crippen LogP contribution in [0.3, 0.4) is 0 Å². The number of rotatable bonds is 4. The van der Waals surface area contributed by atoms with Gasteiger partial charge in [0.1, 0.15) is 5.52 Å². The van der Waals surface area contributed by atoms with Crippen LogP contribution < -0.4 is 10.9 Å². The Labute approximate surface area is 170 Å². The summed E-state index contributed by atoms with van der Waals surface area (Å²) in [6.07, 6.45) is 3.28. The summed E-state index contributed by atoms with van der Waals surface area (Å²) in [4.78, 5) is 22.2. The van der Waals surface area contributed by atoms with Crippen LogP contribution in [0.15, 0.2) is 71.8 Å². The molecule has 2 N–H and O–H groups in total. The first-order valence-electron chi connectivity index (χ1n) is 9.00. The fraction of sp³-hybridized carbons (Fsp3) is 0.0476. The number of aromatic amines is 1. The summed E-state index contributed by atoms with van der Waals surface area (Å²) in [5.74, 6) is 0.413. The molecule has 3 aromatic heterocycles. The van der Waals surface area contributed by atoms with E-state index in [2.05, 4.69) is 25.5 Å². The summed E-state index contributed by atoms with van der Waals surface area (Å²) in [6, 6.07) is 17.0. The van der Waals surface area contributed by atoms with E-state index in [0.717, 1.165) is 11.3 Å². The molecule has 0 spiro atoms. The Hall–Kier alpha value is -3.71. The van der Waals surface area contributed by atoms with Crippen molar-refractivity contribution in [3.05, 3.63) is 87.9 Å². The standard InChI is InChI=1S/C21H15ClN6O/c22-14-6-4-5-13(9-14)10-23-21-24-11-16-18-17(12-25-27-18)20(29)28(19(16)26-21)15-7-2-1-3-8-15/h1-9,11-12H,10H2,(H,25,27)(H,23,24,26). The van der Waals surface area contributed by atoms with Crippen LogP contribution in [0.2, 0.25) is 5.02 Å². The molecule has 0 saturated heterocycles. The minimum absolute atomic E-state index is 0.188. The van der Waals surface area contributed by atoms with E-state index in [-0.39, 0.29) is 5.56 Å². The highest BCUT2D eigenvalue weighted by atomic mass is 35.5. The molecular formula is C21H15ClN6O. The molecule has 0 radical (unpaired) electrons. The third-order valence-corrected chi connectivity index (χ3v) is 4.90. The quantitative estimate of drug-likeness (QED) is 0.475. The topological polar surface area (TPSA) is 88.5 Å². The number of para-hydroxylation sites is 1. The molecule has 142 valence electrons. The number of nitrogens with zero attached hydrogens (tertiary/aromatic N) is 4. The van der Waals surface area contributed by atoms with Gasteiger partial charge in [0, 0.05) is 24.0 Å². The van der Waals surface area contributed by atoms with Crippen LogP contribution in [-0.2, 0) is 6.54 Å². The second-order valence-corrected chi connectivity index (χ2v) is 6.97. The lowest BCUT2D eigenvalue weighted by atomic mass is 10.2. The maximum atomic E-state index is 13.1. The first-order valence-corrected chi connectivity index (χ1v) is 9.37. The highest BCUT2D eigenvalue weighted by Gasteiger charge is 2.16. The Morgan fingerprint density at radius 2 is 1.93 bits per heavy atom. The van der Waals surface area contributed by atoms with Crippen LogP contribution in [0, 0.1) is 0 Å². The van der Waals surface area contributed by atoms with E-state index in [0.29, 0.717) is 39.5 Å². The lowest BCUT2D eigenvalue weighted by Crippen LogP contribution is -2.20. The molecule has 2 aromatic carbocycles. The molecule has 29 heavy (non-hydrogen) atoms. The average Bonchev–Trinajstić information content (AvgIpc) is 3.24. The molecule has 8 heteroatoms. The first kappa shape index (κ1) is 17.4. The molecule has 0 saturated carbocycles. The predicted octanol–water partition coefficient (Wildman–Crippen LogP) is 3.92. The van der Waals surface area contributed by atoms with Gasteiger partial charge in [-0.3, -0.25) is 14.5 Å². The summed E-state index contributed by atoms with van der Waals surface area (Å²) in [7, 11) is 0. The fourth-order valence-corrected chi connectivity index (χ4v) is 3.53. The molecule has 0 aliphatic carbocycles. The monoisotopic (exact) mass is 402 g/mol. The van der Waals surface area contributed by atoms with Gasteiger partial charge in [-0.15, -0.1) is 0 Å². The smallest absolute Gasteiger partial charge is 0.267 e. The number of fused-ring (bicyclic) bond motifs is 3. The Kier molecular flexibility index (Phi) is 4.22. The first-order chi connectivity index (χ1) is 14.2. The van der Waals surface area contributed by atoms with Crippen LogP contribution in [0.1, 0.15) is 5.56 Å². The third kappa shape index (κ3) is 3.11. The van der Waals surface area contributed by atoms with Gasteiger partial charge in [0.25, 0.3) is 5.56 Å². The fourth-order valence-electron chi connectivity index (χ4n) is 3.32. The minimum Gasteiger partial charge on any atom is -0.350 e. The lowest BCUT2D eigenvalue weighted by Gasteiger charge is -2.12. The van der Waals surface area contributed by atoms with Gasteiger partial charge in [-0.1, -0.05) is 41.9 Å². The Morgan fingerprint density at radius 1 is 1.07 bits per heavy atom. The van der Waals surface area contributed by atoms with Crippen molar-refractivity contribution in [3.63, 3.8) is 0 Å². The molecular weight excluding hydrogens is 388 g/mol. The molecule has 0 fully saturated rings. The molecule has 0 atom stereocenters. The minimum atomic E-state index is -0.188. The molecule has 0 unspecified atom stereocenters. The van der Waals surface area contributed by atoms with Gasteiger partial charge in [-0.25, -0.2) is 4.98 Å². The molecule has 0 bridgehead atoms. The van der Waals surface area contributed by atoms with Crippen LogP contribution in [0.5, 0.6) is 0 Å². The van der Waals surface area contributed by atoms with E-state index in [4.69, 9.17) is 11.6 Å². The summed E-state index contributed by atoms with van der Waals surface area (Å²) in [5.41, 5.74) is 2.59. The van der Waals surface area contributed by atoms with Crippen LogP contribution >= 0.6 is 11.6 Å². The van der Waals surface area contributed by atoms with Gasteiger partial charge in [0.15, 0.2) is 5.65 Å². The zero-order valence-corrected chi connectivity index (χ0v) is 15.9. The molecule has 5 aromatic rings. The van der Waals surface area contributed by atoms with E-state index >= 15 is 0 Å². The van der Waals surface area contributed by atoms with Crippen molar-refractivity contribution in [2.24, 2.45) is 0 Å². The Morgan fingerprint density at radius 3 is 2.76 bits per heavy atom. The van der Waals surface area contributed by atoms with E-state index in [9.17, 15) is 4.79 Å². The largest absolute Gasteiger partial charge is 0.350 e. The van der Waals surface area contributed by atoms with Crippen molar-refractivity contribution in [1.29, 1.82) is 0 Å². The van der Waals surface area contributed by atoms with E-state index in [1.807, 2.05) is 54.6 Å². The van der Waals surface area contributed by atoms with Crippen LogP contribution in [0.4, 0.5) is 5.95 Å².